The van der Waals surface area contributed by atoms with Gasteiger partial charge in [0.2, 0.25) is 5.91 Å². The van der Waals surface area contributed by atoms with Crippen LogP contribution in [0.1, 0.15) is 24.9 Å². The van der Waals surface area contributed by atoms with Crippen molar-refractivity contribution in [2.45, 2.75) is 19.4 Å². The Bertz CT molecular complexity index is 599. The maximum atomic E-state index is 12.1. The molecule has 0 fully saturated rings. The van der Waals surface area contributed by atoms with E-state index in [4.69, 9.17) is 4.74 Å². The van der Waals surface area contributed by atoms with E-state index in [2.05, 4.69) is 29.7 Å². The highest BCUT2D eigenvalue weighted by molar-refractivity contribution is 5.93. The minimum atomic E-state index is -0.0844. The third-order valence-corrected chi connectivity index (χ3v) is 3.50. The van der Waals surface area contributed by atoms with Gasteiger partial charge < -0.3 is 15.4 Å². The van der Waals surface area contributed by atoms with Gasteiger partial charge in [-0.25, -0.2) is 0 Å². The second kappa shape index (κ2) is 8.20. The highest BCUT2D eigenvalue weighted by Gasteiger charge is 2.11. The van der Waals surface area contributed by atoms with Gasteiger partial charge in [-0.05, 0) is 24.1 Å². The molecule has 2 aromatic rings. The SMILES string of the molecule is CCC(NCC(=O)Nc1ccccc1OC)c1ccccc1. The van der Waals surface area contributed by atoms with Crippen molar-refractivity contribution in [2.24, 2.45) is 0 Å². The Morgan fingerprint density at radius 1 is 1.09 bits per heavy atom. The van der Waals surface area contributed by atoms with E-state index in [1.54, 1.807) is 7.11 Å². The van der Waals surface area contributed by atoms with Crippen molar-refractivity contribution in [1.29, 1.82) is 0 Å². The molecule has 1 atom stereocenters. The fraction of sp³-hybridized carbons (Fsp3) is 0.278. The van der Waals surface area contributed by atoms with Gasteiger partial charge in [0, 0.05) is 6.04 Å². The van der Waals surface area contributed by atoms with E-state index in [1.165, 1.54) is 5.56 Å². The van der Waals surface area contributed by atoms with Crippen LogP contribution < -0.4 is 15.4 Å². The van der Waals surface area contributed by atoms with Crippen LogP contribution in [-0.2, 0) is 4.79 Å². The van der Waals surface area contributed by atoms with Gasteiger partial charge in [-0.1, -0.05) is 49.4 Å². The number of anilines is 1. The van der Waals surface area contributed by atoms with E-state index >= 15 is 0 Å². The van der Waals surface area contributed by atoms with Crippen molar-refractivity contribution in [2.75, 3.05) is 19.0 Å². The summed E-state index contributed by atoms with van der Waals surface area (Å²) in [4.78, 5) is 12.1. The fourth-order valence-corrected chi connectivity index (χ4v) is 2.34. The molecule has 0 radical (unpaired) electrons. The van der Waals surface area contributed by atoms with Crippen LogP contribution in [0.15, 0.2) is 54.6 Å². The van der Waals surface area contributed by atoms with E-state index < -0.39 is 0 Å². The molecule has 0 aliphatic carbocycles. The van der Waals surface area contributed by atoms with Crippen LogP contribution in [0.2, 0.25) is 0 Å². The topological polar surface area (TPSA) is 50.4 Å². The number of carbonyl (C=O) groups is 1. The van der Waals surface area contributed by atoms with E-state index in [0.717, 1.165) is 6.42 Å². The Balaban J connectivity index is 1.92. The molecule has 2 N–H and O–H groups in total. The maximum Gasteiger partial charge on any atom is 0.238 e. The second-order valence-electron chi connectivity index (χ2n) is 5.00. The molecule has 2 aromatic carbocycles. The standard InChI is InChI=1S/C18H22N2O2/c1-3-15(14-9-5-4-6-10-14)19-13-18(21)20-16-11-7-8-12-17(16)22-2/h4-12,15,19H,3,13H2,1-2H3,(H,20,21). The highest BCUT2D eigenvalue weighted by Crippen LogP contribution is 2.22. The molecule has 0 bridgehead atoms. The fourth-order valence-electron chi connectivity index (χ4n) is 2.34. The van der Waals surface area contributed by atoms with Gasteiger partial charge in [0.15, 0.2) is 0 Å². The lowest BCUT2D eigenvalue weighted by molar-refractivity contribution is -0.115. The van der Waals surface area contributed by atoms with Gasteiger partial charge in [-0.2, -0.15) is 0 Å². The molecule has 0 saturated carbocycles. The molecule has 4 heteroatoms. The predicted octanol–water partition coefficient (Wildman–Crippen LogP) is 3.37. The van der Waals surface area contributed by atoms with Crippen molar-refractivity contribution in [3.05, 3.63) is 60.2 Å². The number of benzene rings is 2. The van der Waals surface area contributed by atoms with Crippen molar-refractivity contribution < 1.29 is 9.53 Å². The predicted molar refractivity (Wildman–Crippen MR) is 89.1 cm³/mol. The molecule has 1 unspecified atom stereocenters. The summed E-state index contributed by atoms with van der Waals surface area (Å²) in [6, 6.07) is 17.7. The number of carbonyl (C=O) groups excluding carboxylic acids is 1. The number of methoxy groups -OCH3 is 1. The average molecular weight is 298 g/mol. The third-order valence-electron chi connectivity index (χ3n) is 3.50. The number of nitrogens with one attached hydrogen (secondary N) is 2. The molecular weight excluding hydrogens is 276 g/mol. The first-order valence-corrected chi connectivity index (χ1v) is 7.45. The molecule has 116 valence electrons. The summed E-state index contributed by atoms with van der Waals surface area (Å²) in [5.41, 5.74) is 1.87. The lowest BCUT2D eigenvalue weighted by atomic mass is 10.0. The van der Waals surface area contributed by atoms with Crippen LogP contribution >= 0.6 is 0 Å². The molecule has 22 heavy (non-hydrogen) atoms. The van der Waals surface area contributed by atoms with Gasteiger partial charge in [0.25, 0.3) is 0 Å². The molecule has 4 nitrogen and oxygen atoms in total. The summed E-state index contributed by atoms with van der Waals surface area (Å²) in [6.45, 7) is 2.36. The average Bonchev–Trinajstić information content (AvgIpc) is 2.57. The van der Waals surface area contributed by atoms with E-state index in [-0.39, 0.29) is 18.5 Å². The van der Waals surface area contributed by atoms with Gasteiger partial charge in [0.1, 0.15) is 5.75 Å². The molecule has 1 amide bonds. The monoisotopic (exact) mass is 298 g/mol. The zero-order chi connectivity index (χ0) is 15.8. The van der Waals surface area contributed by atoms with Crippen LogP contribution in [0.4, 0.5) is 5.69 Å². The lowest BCUT2D eigenvalue weighted by Crippen LogP contribution is -2.31. The number of para-hydroxylation sites is 2. The van der Waals surface area contributed by atoms with E-state index in [0.29, 0.717) is 11.4 Å². The first-order chi connectivity index (χ1) is 10.7. The Labute approximate surface area is 131 Å². The van der Waals surface area contributed by atoms with Crippen molar-refractivity contribution >= 4 is 11.6 Å². The minimum absolute atomic E-state index is 0.0844. The largest absolute Gasteiger partial charge is 0.495 e. The zero-order valence-electron chi connectivity index (χ0n) is 13.0. The quantitative estimate of drug-likeness (QED) is 0.824. The first-order valence-electron chi connectivity index (χ1n) is 7.45. The zero-order valence-corrected chi connectivity index (χ0v) is 13.0. The Morgan fingerprint density at radius 2 is 1.77 bits per heavy atom. The molecule has 0 saturated heterocycles. The van der Waals surface area contributed by atoms with Crippen LogP contribution in [0.25, 0.3) is 0 Å². The summed E-state index contributed by atoms with van der Waals surface area (Å²) < 4.78 is 5.23. The van der Waals surface area contributed by atoms with Crippen LogP contribution in [0.5, 0.6) is 5.75 Å². The normalized spacial score (nSPS) is 11.7. The van der Waals surface area contributed by atoms with Crippen molar-refractivity contribution in [1.82, 2.24) is 5.32 Å². The van der Waals surface area contributed by atoms with Crippen LogP contribution in [0.3, 0.4) is 0 Å². The second-order valence-corrected chi connectivity index (χ2v) is 5.00. The van der Waals surface area contributed by atoms with E-state index in [1.807, 2.05) is 42.5 Å². The Kier molecular flexibility index (Phi) is 5.98. The molecule has 0 aliphatic rings. The number of hydrogen-bond donors (Lipinski definition) is 2. The molecular formula is C18H22N2O2. The van der Waals surface area contributed by atoms with Crippen LogP contribution in [-0.4, -0.2) is 19.6 Å². The lowest BCUT2D eigenvalue weighted by Gasteiger charge is -2.17. The molecule has 0 aromatic heterocycles. The number of hydrogen-bond acceptors (Lipinski definition) is 3. The summed E-state index contributed by atoms with van der Waals surface area (Å²) >= 11 is 0. The third kappa shape index (κ3) is 4.33. The number of ether oxygens (including phenoxy) is 1. The summed E-state index contributed by atoms with van der Waals surface area (Å²) in [5, 5.41) is 6.16. The van der Waals surface area contributed by atoms with Crippen molar-refractivity contribution in [3.8, 4) is 5.75 Å². The summed E-state index contributed by atoms with van der Waals surface area (Å²) in [7, 11) is 1.59. The number of rotatable bonds is 7. The van der Waals surface area contributed by atoms with Gasteiger partial charge in [0.05, 0.1) is 19.3 Å². The summed E-state index contributed by atoms with van der Waals surface area (Å²) in [6.07, 6.45) is 0.923. The Hall–Kier alpha value is -2.33. The first kappa shape index (κ1) is 16.0. The molecule has 0 spiro atoms. The van der Waals surface area contributed by atoms with Crippen molar-refractivity contribution in [3.63, 3.8) is 0 Å². The van der Waals surface area contributed by atoms with Gasteiger partial charge >= 0.3 is 0 Å². The van der Waals surface area contributed by atoms with E-state index in [9.17, 15) is 4.79 Å². The smallest absolute Gasteiger partial charge is 0.238 e. The number of amides is 1. The minimum Gasteiger partial charge on any atom is -0.495 e. The van der Waals surface area contributed by atoms with Crippen LogP contribution in [0, 0.1) is 0 Å². The summed E-state index contributed by atoms with van der Waals surface area (Å²) in [5.74, 6) is 0.574. The van der Waals surface area contributed by atoms with Gasteiger partial charge in [-0.15, -0.1) is 0 Å². The highest BCUT2D eigenvalue weighted by atomic mass is 16.5. The molecule has 0 heterocycles. The maximum absolute atomic E-state index is 12.1. The van der Waals surface area contributed by atoms with Gasteiger partial charge in [-0.3, -0.25) is 4.79 Å². The molecule has 2 rings (SSSR count). The Morgan fingerprint density at radius 3 is 2.45 bits per heavy atom. The molecule has 0 aliphatic heterocycles.